The molecule has 2 rings (SSSR count). The molecule has 2 aliphatic rings. The molecule has 5 heteroatoms. The lowest BCUT2D eigenvalue weighted by Gasteiger charge is -2.42. The molecule has 1 aliphatic heterocycles. The van der Waals surface area contributed by atoms with Gasteiger partial charge in [0.05, 0.1) is 0 Å². The minimum atomic E-state index is 0. The predicted octanol–water partition coefficient (Wildman–Crippen LogP) is 2.76. The summed E-state index contributed by atoms with van der Waals surface area (Å²) in [6.07, 6.45) is 7.96. The largest absolute Gasteiger partial charge is 0.385 e. The van der Waals surface area contributed by atoms with Crippen molar-refractivity contribution in [2.75, 3.05) is 33.4 Å². The smallest absolute Gasteiger partial charge is 0.220 e. The molecule has 0 aromatic heterocycles. The lowest BCUT2D eigenvalue weighted by Crippen LogP contribution is -2.43. The summed E-state index contributed by atoms with van der Waals surface area (Å²) in [4.78, 5) is 12.2. The van der Waals surface area contributed by atoms with Gasteiger partial charge in [0.2, 0.25) is 5.91 Å². The van der Waals surface area contributed by atoms with Crippen LogP contribution in [0.1, 0.15) is 51.9 Å². The maximum absolute atomic E-state index is 12.2. The van der Waals surface area contributed by atoms with Crippen molar-refractivity contribution < 1.29 is 9.53 Å². The summed E-state index contributed by atoms with van der Waals surface area (Å²) in [5.74, 6) is 1.45. The highest BCUT2D eigenvalue weighted by Crippen LogP contribution is 2.43. The first-order chi connectivity index (χ1) is 10.2. The van der Waals surface area contributed by atoms with E-state index >= 15 is 0 Å². The quantitative estimate of drug-likeness (QED) is 0.718. The van der Waals surface area contributed by atoms with Crippen LogP contribution in [0.2, 0.25) is 0 Å². The molecular formula is C17H33ClN2O2. The van der Waals surface area contributed by atoms with Crippen LogP contribution in [-0.2, 0) is 9.53 Å². The van der Waals surface area contributed by atoms with E-state index in [4.69, 9.17) is 4.74 Å². The van der Waals surface area contributed by atoms with E-state index in [-0.39, 0.29) is 18.3 Å². The van der Waals surface area contributed by atoms with Crippen LogP contribution in [-0.4, -0.2) is 39.3 Å². The highest BCUT2D eigenvalue weighted by Gasteiger charge is 2.36. The normalized spacial score (nSPS) is 22.3. The number of carbonyl (C=O) groups is 1. The summed E-state index contributed by atoms with van der Waals surface area (Å²) in [5, 5.41) is 6.58. The number of ether oxygens (including phenoxy) is 1. The molecule has 1 saturated carbocycles. The summed E-state index contributed by atoms with van der Waals surface area (Å²) < 4.78 is 5.21. The molecule has 130 valence electrons. The van der Waals surface area contributed by atoms with Crippen molar-refractivity contribution in [3.8, 4) is 0 Å². The topological polar surface area (TPSA) is 50.4 Å². The van der Waals surface area contributed by atoms with E-state index in [9.17, 15) is 4.79 Å². The van der Waals surface area contributed by atoms with Gasteiger partial charge in [0.1, 0.15) is 0 Å². The number of piperidine rings is 1. The van der Waals surface area contributed by atoms with Gasteiger partial charge in [-0.2, -0.15) is 0 Å². The third-order valence-corrected chi connectivity index (χ3v) is 5.61. The summed E-state index contributed by atoms with van der Waals surface area (Å²) >= 11 is 0. The number of halogens is 1. The van der Waals surface area contributed by atoms with Crippen LogP contribution in [0.15, 0.2) is 0 Å². The van der Waals surface area contributed by atoms with Crippen LogP contribution in [0.4, 0.5) is 0 Å². The molecule has 2 fully saturated rings. The fourth-order valence-electron chi connectivity index (χ4n) is 3.74. The number of methoxy groups -OCH3 is 1. The molecule has 22 heavy (non-hydrogen) atoms. The third kappa shape index (κ3) is 5.71. The Labute approximate surface area is 141 Å². The summed E-state index contributed by atoms with van der Waals surface area (Å²) in [6.45, 7) is 6.10. The highest BCUT2D eigenvalue weighted by atomic mass is 35.5. The average molecular weight is 333 g/mol. The van der Waals surface area contributed by atoms with E-state index < -0.39 is 0 Å². The number of carbonyl (C=O) groups excluding carboxylic acids is 1. The zero-order chi connectivity index (χ0) is 15.1. The molecule has 4 nitrogen and oxygen atoms in total. The standard InChI is InChI=1S/C17H32N2O2.ClH/c1-14(15-4-9-18-10-5-15)12-16(20)19-13-17(6-3-7-17)8-11-21-2;/h14-15,18H,3-13H2,1-2H3,(H,19,20);1H. The van der Waals surface area contributed by atoms with Gasteiger partial charge in [0.25, 0.3) is 0 Å². The first-order valence-electron chi connectivity index (χ1n) is 8.61. The molecule has 0 spiro atoms. The van der Waals surface area contributed by atoms with Gasteiger partial charge in [-0.25, -0.2) is 0 Å². The molecule has 1 aliphatic carbocycles. The minimum Gasteiger partial charge on any atom is -0.385 e. The van der Waals surface area contributed by atoms with E-state index in [2.05, 4.69) is 17.6 Å². The number of rotatable bonds is 8. The Morgan fingerprint density at radius 1 is 1.36 bits per heavy atom. The molecular weight excluding hydrogens is 300 g/mol. The minimum absolute atomic E-state index is 0. The molecule has 0 aromatic rings. The van der Waals surface area contributed by atoms with Crippen molar-refractivity contribution >= 4 is 18.3 Å². The molecule has 1 unspecified atom stereocenters. The van der Waals surface area contributed by atoms with Crippen LogP contribution in [0.25, 0.3) is 0 Å². The summed E-state index contributed by atoms with van der Waals surface area (Å²) in [7, 11) is 1.76. The van der Waals surface area contributed by atoms with Gasteiger partial charge in [-0.3, -0.25) is 4.79 Å². The van der Waals surface area contributed by atoms with Crippen LogP contribution < -0.4 is 10.6 Å². The van der Waals surface area contributed by atoms with Crippen LogP contribution in [0.5, 0.6) is 0 Å². The number of nitrogens with one attached hydrogen (secondary N) is 2. The van der Waals surface area contributed by atoms with Crippen LogP contribution in [0.3, 0.4) is 0 Å². The second-order valence-electron chi connectivity index (χ2n) is 7.14. The van der Waals surface area contributed by atoms with E-state index in [1.807, 2.05) is 0 Å². The van der Waals surface area contributed by atoms with Crippen molar-refractivity contribution in [2.24, 2.45) is 17.3 Å². The summed E-state index contributed by atoms with van der Waals surface area (Å²) in [6, 6.07) is 0. The fourth-order valence-corrected chi connectivity index (χ4v) is 3.74. The maximum Gasteiger partial charge on any atom is 0.220 e. The zero-order valence-corrected chi connectivity index (χ0v) is 15.0. The van der Waals surface area contributed by atoms with Crippen molar-refractivity contribution in [1.29, 1.82) is 0 Å². The van der Waals surface area contributed by atoms with Crippen molar-refractivity contribution in [2.45, 2.75) is 51.9 Å². The van der Waals surface area contributed by atoms with Gasteiger partial charge >= 0.3 is 0 Å². The Kier molecular flexibility index (Phi) is 8.73. The first kappa shape index (κ1) is 19.7. The first-order valence-corrected chi connectivity index (χ1v) is 8.61. The number of hydrogen-bond acceptors (Lipinski definition) is 3. The average Bonchev–Trinajstić information content (AvgIpc) is 2.46. The predicted molar refractivity (Wildman–Crippen MR) is 92.4 cm³/mol. The lowest BCUT2D eigenvalue weighted by atomic mass is 9.66. The Morgan fingerprint density at radius 3 is 2.59 bits per heavy atom. The Balaban J connectivity index is 0.00000242. The third-order valence-electron chi connectivity index (χ3n) is 5.61. The van der Waals surface area contributed by atoms with Gasteiger partial charge in [0.15, 0.2) is 0 Å². The van der Waals surface area contributed by atoms with Crippen LogP contribution >= 0.6 is 12.4 Å². The Bertz CT molecular complexity index is 329. The van der Waals surface area contributed by atoms with Gasteiger partial charge in [-0.15, -0.1) is 12.4 Å². The van der Waals surface area contributed by atoms with E-state index in [0.29, 0.717) is 23.7 Å². The van der Waals surface area contributed by atoms with Crippen molar-refractivity contribution in [1.82, 2.24) is 10.6 Å². The lowest BCUT2D eigenvalue weighted by molar-refractivity contribution is -0.123. The monoisotopic (exact) mass is 332 g/mol. The highest BCUT2D eigenvalue weighted by molar-refractivity contribution is 5.85. The van der Waals surface area contributed by atoms with Crippen LogP contribution in [0, 0.1) is 17.3 Å². The molecule has 1 amide bonds. The van der Waals surface area contributed by atoms with Gasteiger partial charge in [-0.1, -0.05) is 13.3 Å². The van der Waals surface area contributed by atoms with Gasteiger partial charge < -0.3 is 15.4 Å². The second-order valence-corrected chi connectivity index (χ2v) is 7.14. The van der Waals surface area contributed by atoms with E-state index in [0.717, 1.165) is 32.7 Å². The molecule has 0 bridgehead atoms. The van der Waals surface area contributed by atoms with E-state index in [1.54, 1.807) is 7.11 Å². The van der Waals surface area contributed by atoms with Crippen molar-refractivity contribution in [3.05, 3.63) is 0 Å². The van der Waals surface area contributed by atoms with Gasteiger partial charge in [0, 0.05) is 26.7 Å². The second kappa shape index (κ2) is 9.74. The molecule has 1 atom stereocenters. The Morgan fingerprint density at radius 2 is 2.05 bits per heavy atom. The molecule has 2 N–H and O–H groups in total. The number of hydrogen-bond donors (Lipinski definition) is 2. The maximum atomic E-state index is 12.2. The summed E-state index contributed by atoms with van der Waals surface area (Å²) in [5.41, 5.74) is 0.323. The van der Waals surface area contributed by atoms with Crippen molar-refractivity contribution in [3.63, 3.8) is 0 Å². The SMILES string of the molecule is COCCC1(CNC(=O)CC(C)C2CCNCC2)CCC1.Cl. The van der Waals surface area contributed by atoms with Gasteiger partial charge in [-0.05, 0) is 62.4 Å². The molecule has 1 heterocycles. The van der Waals surface area contributed by atoms with E-state index in [1.165, 1.54) is 32.1 Å². The zero-order valence-electron chi connectivity index (χ0n) is 14.2. The number of amides is 1. The molecule has 0 radical (unpaired) electrons. The Hall–Kier alpha value is -0.320. The fraction of sp³-hybridized carbons (Fsp3) is 0.941. The molecule has 1 saturated heterocycles. The molecule has 0 aromatic carbocycles.